The van der Waals surface area contributed by atoms with Crippen molar-refractivity contribution in [2.45, 2.75) is 13.8 Å². The highest BCUT2D eigenvalue weighted by Gasteiger charge is 2.17. The van der Waals surface area contributed by atoms with Crippen LogP contribution in [0.4, 0.5) is 21.5 Å². The van der Waals surface area contributed by atoms with E-state index in [9.17, 15) is 9.18 Å². The first kappa shape index (κ1) is 17.6. The molecule has 0 unspecified atom stereocenters. The molecule has 4 nitrogen and oxygen atoms in total. The van der Waals surface area contributed by atoms with E-state index >= 15 is 0 Å². The van der Waals surface area contributed by atoms with E-state index in [0.717, 1.165) is 11.3 Å². The number of carbonyl (C=O) groups is 1. The Morgan fingerprint density at radius 1 is 1.08 bits per heavy atom. The Morgan fingerprint density at radius 2 is 1.88 bits per heavy atom. The van der Waals surface area contributed by atoms with Gasteiger partial charge < -0.3 is 10.2 Å². The number of hydrogen-bond donors (Lipinski definition) is 1. The van der Waals surface area contributed by atoms with Crippen LogP contribution < -0.4 is 10.2 Å². The van der Waals surface area contributed by atoms with Crippen LogP contribution in [0.25, 0.3) is 0 Å². The maximum Gasteiger partial charge on any atom is 0.259 e. The third-order valence-corrected chi connectivity index (χ3v) is 3.97. The number of anilines is 3. The van der Waals surface area contributed by atoms with Crippen molar-refractivity contribution in [3.8, 4) is 0 Å². The molecule has 1 amide bonds. The van der Waals surface area contributed by atoms with Crippen LogP contribution in [0.5, 0.6) is 0 Å². The fraction of sp³-hybridized carbons (Fsp3) is 0.143. The molecule has 1 aromatic heterocycles. The monoisotopic (exact) mass is 349 g/mol. The molecule has 3 aromatic rings. The minimum absolute atomic E-state index is 0.131. The van der Waals surface area contributed by atoms with Crippen molar-refractivity contribution in [1.82, 2.24) is 4.98 Å². The summed E-state index contributed by atoms with van der Waals surface area (Å²) in [6, 6.07) is 15.7. The molecule has 1 heterocycles. The normalized spacial score (nSPS) is 10.4. The Labute approximate surface area is 152 Å². The van der Waals surface area contributed by atoms with Crippen LogP contribution in [0.1, 0.15) is 22.8 Å². The predicted molar refractivity (Wildman–Crippen MR) is 102 cm³/mol. The molecule has 132 valence electrons. The van der Waals surface area contributed by atoms with Gasteiger partial charge in [0, 0.05) is 24.1 Å². The summed E-state index contributed by atoms with van der Waals surface area (Å²) >= 11 is 0. The van der Waals surface area contributed by atoms with E-state index in [4.69, 9.17) is 0 Å². The Kier molecular flexibility index (Phi) is 5.27. The lowest BCUT2D eigenvalue weighted by atomic mass is 10.1. The number of nitrogens with one attached hydrogen (secondary N) is 1. The molecule has 0 saturated carbocycles. The number of benzene rings is 2. The summed E-state index contributed by atoms with van der Waals surface area (Å²) in [5, 5.41) is 3.07. The third kappa shape index (κ3) is 4.06. The van der Waals surface area contributed by atoms with Gasteiger partial charge in [0.2, 0.25) is 0 Å². The summed E-state index contributed by atoms with van der Waals surface area (Å²) in [7, 11) is 0. The van der Waals surface area contributed by atoms with Gasteiger partial charge in [-0.05, 0) is 55.8 Å². The second-order valence-corrected chi connectivity index (χ2v) is 5.99. The van der Waals surface area contributed by atoms with E-state index in [1.54, 1.807) is 29.3 Å². The Bertz CT molecular complexity index is 926. The number of hydrogen-bond acceptors (Lipinski definition) is 3. The zero-order valence-electron chi connectivity index (χ0n) is 14.7. The number of pyridine rings is 1. The van der Waals surface area contributed by atoms with Crippen molar-refractivity contribution in [3.05, 3.63) is 83.9 Å². The molecule has 0 radical (unpaired) electrons. The lowest BCUT2D eigenvalue weighted by Crippen LogP contribution is -2.30. The largest absolute Gasteiger partial charge is 0.354 e. The molecule has 0 bridgehead atoms. The van der Waals surface area contributed by atoms with E-state index < -0.39 is 0 Å². The molecule has 0 spiro atoms. The zero-order chi connectivity index (χ0) is 18.5. The van der Waals surface area contributed by atoms with Gasteiger partial charge in [-0.25, -0.2) is 4.39 Å². The molecule has 1 N–H and O–H groups in total. The van der Waals surface area contributed by atoms with Gasteiger partial charge >= 0.3 is 0 Å². The topological polar surface area (TPSA) is 45.2 Å². The number of amides is 1. The number of rotatable bonds is 5. The fourth-order valence-electron chi connectivity index (χ4n) is 2.75. The number of carbonyl (C=O) groups excluding carboxylic acids is 1. The van der Waals surface area contributed by atoms with Gasteiger partial charge in [-0.3, -0.25) is 9.78 Å². The van der Waals surface area contributed by atoms with Crippen LogP contribution in [0.2, 0.25) is 0 Å². The van der Waals surface area contributed by atoms with Crippen LogP contribution in [0.15, 0.2) is 67.0 Å². The van der Waals surface area contributed by atoms with Crippen molar-refractivity contribution in [1.29, 1.82) is 0 Å². The SMILES string of the molecule is CCN(C(=O)c1cncc(Nc2cccc(F)c2)c1)c1cccc(C)c1. The number of nitrogens with zero attached hydrogens (tertiary/aromatic N) is 2. The highest BCUT2D eigenvalue weighted by molar-refractivity contribution is 6.06. The first-order valence-corrected chi connectivity index (χ1v) is 8.43. The summed E-state index contributed by atoms with van der Waals surface area (Å²) in [5.41, 5.74) is 3.63. The molecule has 5 heteroatoms. The highest BCUT2D eigenvalue weighted by Crippen LogP contribution is 2.21. The van der Waals surface area contributed by atoms with Crippen molar-refractivity contribution < 1.29 is 9.18 Å². The van der Waals surface area contributed by atoms with Crippen LogP contribution in [0.3, 0.4) is 0 Å². The van der Waals surface area contributed by atoms with E-state index in [1.165, 1.54) is 18.3 Å². The maximum absolute atomic E-state index is 13.3. The minimum Gasteiger partial charge on any atom is -0.354 e. The van der Waals surface area contributed by atoms with Gasteiger partial charge in [-0.1, -0.05) is 18.2 Å². The van der Waals surface area contributed by atoms with Crippen molar-refractivity contribution in [2.24, 2.45) is 0 Å². The quantitative estimate of drug-likeness (QED) is 0.710. The summed E-state index contributed by atoms with van der Waals surface area (Å²) in [4.78, 5) is 18.8. The van der Waals surface area contributed by atoms with Gasteiger partial charge in [0.15, 0.2) is 0 Å². The summed E-state index contributed by atoms with van der Waals surface area (Å²) in [6.07, 6.45) is 3.14. The van der Waals surface area contributed by atoms with Crippen LogP contribution >= 0.6 is 0 Å². The summed E-state index contributed by atoms with van der Waals surface area (Å²) in [5.74, 6) is -0.458. The number of aryl methyl sites for hydroxylation is 1. The zero-order valence-corrected chi connectivity index (χ0v) is 14.7. The molecular weight excluding hydrogens is 329 g/mol. The van der Waals surface area contributed by atoms with Gasteiger partial charge in [0.25, 0.3) is 5.91 Å². The molecular formula is C21H20FN3O. The van der Waals surface area contributed by atoms with Crippen molar-refractivity contribution >= 4 is 23.0 Å². The smallest absolute Gasteiger partial charge is 0.259 e. The molecule has 26 heavy (non-hydrogen) atoms. The van der Waals surface area contributed by atoms with Crippen LogP contribution in [-0.2, 0) is 0 Å². The molecule has 0 fully saturated rings. The molecule has 0 aliphatic rings. The van der Waals surface area contributed by atoms with Crippen LogP contribution in [-0.4, -0.2) is 17.4 Å². The van der Waals surface area contributed by atoms with Crippen molar-refractivity contribution in [3.63, 3.8) is 0 Å². The van der Waals surface area contributed by atoms with E-state index in [0.29, 0.717) is 23.5 Å². The second kappa shape index (κ2) is 7.78. The second-order valence-electron chi connectivity index (χ2n) is 5.99. The molecule has 0 aliphatic carbocycles. The first-order chi connectivity index (χ1) is 12.6. The average molecular weight is 349 g/mol. The number of aromatic nitrogens is 1. The van der Waals surface area contributed by atoms with Crippen LogP contribution in [0, 0.1) is 12.7 Å². The summed E-state index contributed by atoms with van der Waals surface area (Å²) in [6.45, 7) is 4.47. The lowest BCUT2D eigenvalue weighted by molar-refractivity contribution is 0.0988. The Hall–Kier alpha value is -3.21. The van der Waals surface area contributed by atoms with E-state index in [-0.39, 0.29) is 11.7 Å². The van der Waals surface area contributed by atoms with Gasteiger partial charge in [0.1, 0.15) is 5.82 Å². The predicted octanol–water partition coefficient (Wildman–Crippen LogP) is 4.94. The molecule has 0 aliphatic heterocycles. The average Bonchev–Trinajstić information content (AvgIpc) is 2.62. The molecule has 3 rings (SSSR count). The first-order valence-electron chi connectivity index (χ1n) is 8.43. The standard InChI is InChI=1S/C21H20FN3O/c1-3-25(20-9-4-6-15(2)10-20)21(26)16-11-19(14-23-13-16)24-18-8-5-7-17(22)12-18/h4-14,24H,3H2,1-2H3. The Balaban J connectivity index is 1.85. The van der Waals surface area contributed by atoms with E-state index in [2.05, 4.69) is 10.3 Å². The van der Waals surface area contributed by atoms with Gasteiger partial charge in [0.05, 0.1) is 17.4 Å². The van der Waals surface area contributed by atoms with E-state index in [1.807, 2.05) is 38.1 Å². The molecule has 0 saturated heterocycles. The third-order valence-electron chi connectivity index (χ3n) is 3.97. The molecule has 2 aromatic carbocycles. The minimum atomic E-state index is -0.327. The lowest BCUT2D eigenvalue weighted by Gasteiger charge is -2.21. The van der Waals surface area contributed by atoms with Gasteiger partial charge in [-0.2, -0.15) is 0 Å². The molecule has 0 atom stereocenters. The maximum atomic E-state index is 13.3. The summed E-state index contributed by atoms with van der Waals surface area (Å²) < 4.78 is 13.3. The van der Waals surface area contributed by atoms with Crippen molar-refractivity contribution in [2.75, 3.05) is 16.8 Å². The number of halogens is 1. The fourth-order valence-corrected chi connectivity index (χ4v) is 2.75. The van der Waals surface area contributed by atoms with Gasteiger partial charge in [-0.15, -0.1) is 0 Å². The Morgan fingerprint density at radius 3 is 2.62 bits per heavy atom. The highest BCUT2D eigenvalue weighted by atomic mass is 19.1.